The van der Waals surface area contributed by atoms with Gasteiger partial charge < -0.3 is 9.84 Å². The zero-order valence-corrected chi connectivity index (χ0v) is 10.2. The average Bonchev–Trinajstić information content (AvgIpc) is 2.20. The molecule has 90 valence electrons. The van der Waals surface area contributed by atoms with Gasteiger partial charge in [-0.3, -0.25) is 4.79 Å². The third-order valence-corrected chi connectivity index (χ3v) is 2.50. The lowest BCUT2D eigenvalue weighted by molar-refractivity contribution is -0.150. The van der Waals surface area contributed by atoms with Gasteiger partial charge in [0, 0.05) is 6.61 Å². The Morgan fingerprint density at radius 1 is 1.33 bits per heavy atom. The van der Waals surface area contributed by atoms with Crippen LogP contribution in [0.25, 0.3) is 0 Å². The number of esters is 1. The first kappa shape index (κ1) is 14.4. The highest BCUT2D eigenvalue weighted by Crippen LogP contribution is 2.18. The lowest BCUT2D eigenvalue weighted by Crippen LogP contribution is -2.23. The van der Waals surface area contributed by atoms with E-state index in [-0.39, 0.29) is 18.5 Å². The summed E-state index contributed by atoms with van der Waals surface area (Å²) in [5, 5.41) is 8.57. The van der Waals surface area contributed by atoms with E-state index in [2.05, 4.69) is 20.8 Å². The minimum Gasteiger partial charge on any atom is -0.465 e. The number of ether oxygens (including phenoxy) is 1. The molecule has 0 saturated carbocycles. The fourth-order valence-corrected chi connectivity index (χ4v) is 1.53. The van der Waals surface area contributed by atoms with Crippen molar-refractivity contribution in [3.05, 3.63) is 0 Å². The van der Waals surface area contributed by atoms with Crippen LogP contribution in [0, 0.1) is 11.8 Å². The van der Waals surface area contributed by atoms with E-state index in [0.29, 0.717) is 18.9 Å². The van der Waals surface area contributed by atoms with E-state index in [4.69, 9.17) is 9.84 Å². The molecule has 0 amide bonds. The molecule has 0 saturated heterocycles. The van der Waals surface area contributed by atoms with Gasteiger partial charge in [0.1, 0.15) is 0 Å². The predicted octanol–water partition coefficient (Wildman–Crippen LogP) is 2.37. The number of unbranched alkanes of at least 4 members (excludes halogenated alkanes) is 1. The summed E-state index contributed by atoms with van der Waals surface area (Å²) in [6.07, 6.45) is 3.36. The number of carbonyl (C=O) groups excluding carboxylic acids is 1. The van der Waals surface area contributed by atoms with Crippen molar-refractivity contribution >= 4 is 5.97 Å². The second kappa shape index (κ2) is 8.72. The summed E-state index contributed by atoms with van der Waals surface area (Å²) in [5.74, 6) is 0.296. The Morgan fingerprint density at radius 2 is 2.00 bits per heavy atom. The third kappa shape index (κ3) is 6.50. The first-order valence-corrected chi connectivity index (χ1v) is 5.91. The van der Waals surface area contributed by atoms with Crippen LogP contribution in [0.3, 0.4) is 0 Å². The summed E-state index contributed by atoms with van der Waals surface area (Å²) in [6, 6.07) is 0. The van der Waals surface area contributed by atoms with E-state index in [9.17, 15) is 4.79 Å². The molecular formula is C12H24O3. The van der Waals surface area contributed by atoms with Gasteiger partial charge in [-0.1, -0.05) is 27.2 Å². The zero-order valence-electron chi connectivity index (χ0n) is 10.2. The van der Waals surface area contributed by atoms with Crippen LogP contribution in [-0.4, -0.2) is 24.3 Å². The Labute approximate surface area is 92.8 Å². The van der Waals surface area contributed by atoms with Gasteiger partial charge in [-0.25, -0.2) is 0 Å². The standard InChI is InChI=1S/C12H24O3/c1-4-7-11(10(2)3)12(14)15-9-6-5-8-13/h10-11,13H,4-9H2,1-3H3. The van der Waals surface area contributed by atoms with E-state index in [1.54, 1.807) is 0 Å². The average molecular weight is 216 g/mol. The highest BCUT2D eigenvalue weighted by Gasteiger charge is 2.22. The molecule has 15 heavy (non-hydrogen) atoms. The summed E-state index contributed by atoms with van der Waals surface area (Å²) in [4.78, 5) is 11.7. The molecule has 0 radical (unpaired) electrons. The molecule has 0 aliphatic carbocycles. The summed E-state index contributed by atoms with van der Waals surface area (Å²) in [6.45, 7) is 6.78. The van der Waals surface area contributed by atoms with Crippen LogP contribution in [0.1, 0.15) is 46.5 Å². The smallest absolute Gasteiger partial charge is 0.309 e. The fraction of sp³-hybridized carbons (Fsp3) is 0.917. The first-order valence-electron chi connectivity index (χ1n) is 5.91. The second-order valence-electron chi connectivity index (χ2n) is 4.24. The second-order valence-corrected chi connectivity index (χ2v) is 4.24. The zero-order chi connectivity index (χ0) is 11.7. The van der Waals surface area contributed by atoms with Crippen LogP contribution in [0.4, 0.5) is 0 Å². The van der Waals surface area contributed by atoms with Gasteiger partial charge in [0.05, 0.1) is 12.5 Å². The Morgan fingerprint density at radius 3 is 2.47 bits per heavy atom. The number of rotatable bonds is 8. The van der Waals surface area contributed by atoms with E-state index in [1.807, 2.05) is 0 Å². The molecule has 0 aliphatic heterocycles. The molecule has 0 aliphatic rings. The summed E-state index contributed by atoms with van der Waals surface area (Å²) < 4.78 is 5.17. The van der Waals surface area contributed by atoms with Gasteiger partial charge in [-0.05, 0) is 25.2 Å². The predicted molar refractivity (Wildman–Crippen MR) is 60.5 cm³/mol. The number of hydrogen-bond donors (Lipinski definition) is 1. The number of hydrogen-bond acceptors (Lipinski definition) is 3. The van der Waals surface area contributed by atoms with Crippen LogP contribution < -0.4 is 0 Å². The van der Waals surface area contributed by atoms with Gasteiger partial charge in [0.25, 0.3) is 0 Å². The van der Waals surface area contributed by atoms with Crippen molar-refractivity contribution < 1.29 is 14.6 Å². The molecule has 0 aromatic carbocycles. The third-order valence-electron chi connectivity index (χ3n) is 2.50. The maximum absolute atomic E-state index is 11.7. The molecule has 1 unspecified atom stereocenters. The molecule has 3 heteroatoms. The maximum Gasteiger partial charge on any atom is 0.309 e. The van der Waals surface area contributed by atoms with Crippen LogP contribution >= 0.6 is 0 Å². The molecule has 0 aromatic heterocycles. The number of aliphatic hydroxyl groups excluding tert-OH is 1. The fourth-order valence-electron chi connectivity index (χ4n) is 1.53. The van der Waals surface area contributed by atoms with Crippen molar-refractivity contribution in [3.63, 3.8) is 0 Å². The van der Waals surface area contributed by atoms with E-state index in [0.717, 1.165) is 19.3 Å². The molecule has 0 aromatic rings. The van der Waals surface area contributed by atoms with Crippen molar-refractivity contribution in [1.82, 2.24) is 0 Å². The molecule has 0 rings (SSSR count). The maximum atomic E-state index is 11.7. The molecular weight excluding hydrogens is 192 g/mol. The quantitative estimate of drug-likeness (QED) is 0.500. The van der Waals surface area contributed by atoms with Crippen molar-refractivity contribution in [3.8, 4) is 0 Å². The molecule has 1 atom stereocenters. The molecule has 0 spiro atoms. The van der Waals surface area contributed by atoms with Gasteiger partial charge in [0.2, 0.25) is 0 Å². The molecule has 0 heterocycles. The van der Waals surface area contributed by atoms with Crippen molar-refractivity contribution in [2.24, 2.45) is 11.8 Å². The topological polar surface area (TPSA) is 46.5 Å². The summed E-state index contributed by atoms with van der Waals surface area (Å²) in [5.41, 5.74) is 0. The number of aliphatic hydroxyl groups is 1. The first-order chi connectivity index (χ1) is 7.13. The Kier molecular flexibility index (Phi) is 8.38. The molecule has 0 fully saturated rings. The van der Waals surface area contributed by atoms with Crippen molar-refractivity contribution in [1.29, 1.82) is 0 Å². The monoisotopic (exact) mass is 216 g/mol. The van der Waals surface area contributed by atoms with Gasteiger partial charge in [-0.2, -0.15) is 0 Å². The van der Waals surface area contributed by atoms with Crippen LogP contribution in [0.15, 0.2) is 0 Å². The highest BCUT2D eigenvalue weighted by atomic mass is 16.5. The SMILES string of the molecule is CCCC(C(=O)OCCCCO)C(C)C. The van der Waals surface area contributed by atoms with E-state index < -0.39 is 0 Å². The lowest BCUT2D eigenvalue weighted by Gasteiger charge is -2.18. The van der Waals surface area contributed by atoms with Gasteiger partial charge in [0.15, 0.2) is 0 Å². The van der Waals surface area contributed by atoms with Gasteiger partial charge in [-0.15, -0.1) is 0 Å². The minimum atomic E-state index is -0.0789. The van der Waals surface area contributed by atoms with E-state index >= 15 is 0 Å². The normalized spacial score (nSPS) is 12.9. The van der Waals surface area contributed by atoms with Crippen LogP contribution in [0.2, 0.25) is 0 Å². The van der Waals surface area contributed by atoms with Crippen LogP contribution in [0.5, 0.6) is 0 Å². The summed E-state index contributed by atoms with van der Waals surface area (Å²) in [7, 11) is 0. The van der Waals surface area contributed by atoms with Crippen molar-refractivity contribution in [2.45, 2.75) is 46.5 Å². The minimum absolute atomic E-state index is 0.0316. The molecule has 1 N–H and O–H groups in total. The Bertz CT molecular complexity index is 166. The highest BCUT2D eigenvalue weighted by molar-refractivity contribution is 5.72. The van der Waals surface area contributed by atoms with Crippen molar-refractivity contribution in [2.75, 3.05) is 13.2 Å². The van der Waals surface area contributed by atoms with Crippen LogP contribution in [-0.2, 0) is 9.53 Å². The van der Waals surface area contributed by atoms with Gasteiger partial charge >= 0.3 is 5.97 Å². The molecule has 3 nitrogen and oxygen atoms in total. The largest absolute Gasteiger partial charge is 0.465 e. The lowest BCUT2D eigenvalue weighted by atomic mass is 9.92. The summed E-state index contributed by atoms with van der Waals surface area (Å²) >= 11 is 0. The Balaban J connectivity index is 3.82. The molecule has 0 bridgehead atoms. The number of carbonyl (C=O) groups is 1. The van der Waals surface area contributed by atoms with E-state index in [1.165, 1.54) is 0 Å². The Hall–Kier alpha value is -0.570.